The van der Waals surface area contributed by atoms with E-state index >= 15 is 0 Å². The van der Waals surface area contributed by atoms with Crippen molar-refractivity contribution in [2.24, 2.45) is 0 Å². The molecular formula is C20H24F2N2O4S. The summed E-state index contributed by atoms with van der Waals surface area (Å²) >= 11 is 0. The summed E-state index contributed by atoms with van der Waals surface area (Å²) in [7, 11) is -3.53. The SMILES string of the molecule is CC(NCCOc1ccc(S(=O)(=O)N2CCOCC2)cc1)c1ccc(F)cc1F. The number of benzene rings is 2. The highest BCUT2D eigenvalue weighted by atomic mass is 32.2. The van der Waals surface area contributed by atoms with E-state index in [9.17, 15) is 17.2 Å². The van der Waals surface area contributed by atoms with Gasteiger partial charge in [-0.2, -0.15) is 4.31 Å². The van der Waals surface area contributed by atoms with Crippen molar-refractivity contribution in [3.05, 3.63) is 59.7 Å². The highest BCUT2D eigenvalue weighted by Gasteiger charge is 2.26. The Kier molecular flexibility index (Phi) is 7.18. The molecule has 3 rings (SSSR count). The lowest BCUT2D eigenvalue weighted by atomic mass is 10.1. The number of hydrogen-bond acceptors (Lipinski definition) is 5. The molecule has 1 aliphatic rings. The second kappa shape index (κ2) is 9.62. The van der Waals surface area contributed by atoms with Gasteiger partial charge >= 0.3 is 0 Å². The smallest absolute Gasteiger partial charge is 0.243 e. The van der Waals surface area contributed by atoms with Crippen molar-refractivity contribution in [1.82, 2.24) is 9.62 Å². The van der Waals surface area contributed by atoms with E-state index in [0.29, 0.717) is 50.8 Å². The van der Waals surface area contributed by atoms with Gasteiger partial charge in [0.1, 0.15) is 24.0 Å². The normalized spacial score (nSPS) is 16.5. The number of hydrogen-bond donors (Lipinski definition) is 1. The quantitative estimate of drug-likeness (QED) is 0.658. The Morgan fingerprint density at radius 3 is 2.48 bits per heavy atom. The molecule has 1 fully saturated rings. The Morgan fingerprint density at radius 1 is 1.14 bits per heavy atom. The van der Waals surface area contributed by atoms with Crippen LogP contribution in [0, 0.1) is 11.6 Å². The maximum Gasteiger partial charge on any atom is 0.243 e. The van der Waals surface area contributed by atoms with Crippen LogP contribution in [-0.2, 0) is 14.8 Å². The van der Waals surface area contributed by atoms with Gasteiger partial charge in [-0.25, -0.2) is 17.2 Å². The molecule has 1 saturated heterocycles. The second-order valence-electron chi connectivity index (χ2n) is 6.68. The average molecular weight is 426 g/mol. The molecule has 2 aromatic rings. The number of rotatable bonds is 8. The molecule has 1 atom stereocenters. The third-order valence-corrected chi connectivity index (χ3v) is 6.59. The van der Waals surface area contributed by atoms with Crippen molar-refractivity contribution in [1.29, 1.82) is 0 Å². The maximum atomic E-state index is 13.8. The average Bonchev–Trinajstić information content (AvgIpc) is 2.72. The van der Waals surface area contributed by atoms with Gasteiger partial charge in [0.25, 0.3) is 0 Å². The molecule has 0 radical (unpaired) electrons. The minimum absolute atomic E-state index is 0.213. The Hall–Kier alpha value is -2.07. The van der Waals surface area contributed by atoms with Crippen LogP contribution in [0.1, 0.15) is 18.5 Å². The van der Waals surface area contributed by atoms with Crippen molar-refractivity contribution < 1.29 is 26.7 Å². The van der Waals surface area contributed by atoms with Gasteiger partial charge in [0.05, 0.1) is 18.1 Å². The summed E-state index contributed by atoms with van der Waals surface area (Å²) in [6.45, 7) is 4.01. The Bertz CT molecular complexity index is 917. The molecule has 1 heterocycles. The highest BCUT2D eigenvalue weighted by Crippen LogP contribution is 2.21. The number of halogens is 2. The van der Waals surface area contributed by atoms with Gasteiger partial charge in [-0.3, -0.25) is 0 Å². The molecule has 1 N–H and O–H groups in total. The molecule has 2 aromatic carbocycles. The van der Waals surface area contributed by atoms with Crippen LogP contribution in [-0.4, -0.2) is 52.2 Å². The molecule has 0 saturated carbocycles. The molecule has 158 valence electrons. The standard InChI is InChI=1S/C20H24F2N2O4S/c1-15(19-7-2-16(21)14-20(19)22)23-8-11-28-17-3-5-18(6-4-17)29(25,26)24-9-12-27-13-10-24/h2-7,14-15,23H,8-13H2,1H3. The van der Waals surface area contributed by atoms with Crippen LogP contribution in [0.4, 0.5) is 8.78 Å². The van der Waals surface area contributed by atoms with E-state index < -0.39 is 21.7 Å². The molecule has 9 heteroatoms. The van der Waals surface area contributed by atoms with Crippen LogP contribution >= 0.6 is 0 Å². The fourth-order valence-corrected chi connectivity index (χ4v) is 4.46. The Morgan fingerprint density at radius 2 is 1.83 bits per heavy atom. The van der Waals surface area contributed by atoms with E-state index in [1.165, 1.54) is 28.6 Å². The maximum absolute atomic E-state index is 13.8. The summed E-state index contributed by atoms with van der Waals surface area (Å²) < 4.78 is 64.1. The lowest BCUT2D eigenvalue weighted by Gasteiger charge is -2.26. The van der Waals surface area contributed by atoms with Gasteiger partial charge in [0.15, 0.2) is 0 Å². The largest absolute Gasteiger partial charge is 0.492 e. The van der Waals surface area contributed by atoms with Crippen LogP contribution in [0.25, 0.3) is 0 Å². The summed E-state index contributed by atoms with van der Waals surface area (Å²) in [5.74, 6) is -0.669. The zero-order valence-electron chi connectivity index (χ0n) is 16.1. The molecule has 0 amide bonds. The lowest BCUT2D eigenvalue weighted by molar-refractivity contribution is 0.0730. The predicted octanol–water partition coefficient (Wildman–Crippen LogP) is 2.72. The number of sulfonamides is 1. The molecule has 29 heavy (non-hydrogen) atoms. The number of morpholine rings is 1. The van der Waals surface area contributed by atoms with E-state index in [1.807, 2.05) is 0 Å². The van der Waals surface area contributed by atoms with E-state index in [1.54, 1.807) is 19.1 Å². The van der Waals surface area contributed by atoms with Crippen LogP contribution in [0.3, 0.4) is 0 Å². The zero-order valence-corrected chi connectivity index (χ0v) is 16.9. The highest BCUT2D eigenvalue weighted by molar-refractivity contribution is 7.89. The molecule has 0 aromatic heterocycles. The lowest BCUT2D eigenvalue weighted by Crippen LogP contribution is -2.40. The molecule has 0 spiro atoms. The Balaban J connectivity index is 1.49. The van der Waals surface area contributed by atoms with Gasteiger partial charge in [0, 0.05) is 37.3 Å². The van der Waals surface area contributed by atoms with E-state index in [-0.39, 0.29) is 10.9 Å². The van der Waals surface area contributed by atoms with E-state index in [2.05, 4.69) is 5.32 Å². The second-order valence-corrected chi connectivity index (χ2v) is 8.62. The van der Waals surface area contributed by atoms with E-state index in [0.717, 1.165) is 6.07 Å². The third kappa shape index (κ3) is 5.51. The first-order valence-corrected chi connectivity index (χ1v) is 10.8. The summed E-state index contributed by atoms with van der Waals surface area (Å²) in [6, 6.07) is 9.44. The topological polar surface area (TPSA) is 67.9 Å². The Labute approximate surface area is 169 Å². The van der Waals surface area contributed by atoms with Crippen molar-refractivity contribution in [2.45, 2.75) is 17.9 Å². The summed E-state index contributed by atoms with van der Waals surface area (Å²) in [5.41, 5.74) is 0.379. The minimum atomic E-state index is -3.53. The van der Waals surface area contributed by atoms with Gasteiger partial charge in [-0.05, 0) is 37.3 Å². The first kappa shape index (κ1) is 21.6. The molecule has 1 aliphatic heterocycles. The molecule has 0 aliphatic carbocycles. The van der Waals surface area contributed by atoms with Gasteiger partial charge in [0.2, 0.25) is 10.0 Å². The number of nitrogens with one attached hydrogen (secondary N) is 1. The fourth-order valence-electron chi connectivity index (χ4n) is 3.05. The van der Waals surface area contributed by atoms with Crippen molar-refractivity contribution in [3.8, 4) is 5.75 Å². The molecule has 0 bridgehead atoms. The van der Waals surface area contributed by atoms with Gasteiger partial charge in [-0.1, -0.05) is 6.07 Å². The number of nitrogens with zero attached hydrogens (tertiary/aromatic N) is 1. The summed E-state index contributed by atoms with van der Waals surface area (Å²) in [6.07, 6.45) is 0. The van der Waals surface area contributed by atoms with Crippen molar-refractivity contribution in [3.63, 3.8) is 0 Å². The summed E-state index contributed by atoms with van der Waals surface area (Å²) in [5, 5.41) is 3.11. The molecule has 6 nitrogen and oxygen atoms in total. The third-order valence-electron chi connectivity index (χ3n) is 4.68. The monoisotopic (exact) mass is 426 g/mol. The van der Waals surface area contributed by atoms with Gasteiger partial charge in [-0.15, -0.1) is 0 Å². The first-order chi connectivity index (χ1) is 13.9. The fraction of sp³-hybridized carbons (Fsp3) is 0.400. The van der Waals surface area contributed by atoms with Crippen LogP contribution in [0.2, 0.25) is 0 Å². The minimum Gasteiger partial charge on any atom is -0.492 e. The first-order valence-electron chi connectivity index (χ1n) is 9.37. The van der Waals surface area contributed by atoms with Crippen LogP contribution in [0.15, 0.2) is 47.4 Å². The van der Waals surface area contributed by atoms with Crippen molar-refractivity contribution >= 4 is 10.0 Å². The van der Waals surface area contributed by atoms with E-state index in [4.69, 9.17) is 9.47 Å². The van der Waals surface area contributed by atoms with Crippen LogP contribution in [0.5, 0.6) is 5.75 Å². The van der Waals surface area contributed by atoms with Crippen LogP contribution < -0.4 is 10.1 Å². The summed E-state index contributed by atoms with van der Waals surface area (Å²) in [4.78, 5) is 0.213. The zero-order chi connectivity index (χ0) is 20.9. The number of ether oxygens (including phenoxy) is 2. The van der Waals surface area contributed by atoms with Gasteiger partial charge < -0.3 is 14.8 Å². The molecular weight excluding hydrogens is 402 g/mol. The molecule has 1 unspecified atom stereocenters. The predicted molar refractivity (Wildman–Crippen MR) is 104 cm³/mol. The van der Waals surface area contributed by atoms with Crippen molar-refractivity contribution in [2.75, 3.05) is 39.5 Å².